The second-order valence-corrected chi connectivity index (χ2v) is 8.41. The Hall–Kier alpha value is -1.75. The molecule has 6 heteroatoms. The molecule has 5 nitrogen and oxygen atoms in total. The summed E-state index contributed by atoms with van der Waals surface area (Å²) in [5, 5.41) is 7.89. The highest BCUT2D eigenvalue weighted by Crippen LogP contribution is 2.41. The highest BCUT2D eigenvalue weighted by Gasteiger charge is 2.39. The average molecular weight is 405 g/mol. The lowest BCUT2D eigenvalue weighted by Crippen LogP contribution is -2.51. The van der Waals surface area contributed by atoms with Gasteiger partial charge < -0.3 is 15.5 Å². The first kappa shape index (κ1) is 21.0. The summed E-state index contributed by atoms with van der Waals surface area (Å²) in [5.41, 5.74) is 1.29. The first-order valence-corrected chi connectivity index (χ1v) is 11.0. The summed E-state index contributed by atoms with van der Waals surface area (Å²) >= 11 is 6.11. The normalized spacial score (nSPS) is 23.0. The van der Waals surface area contributed by atoms with Crippen LogP contribution in [0.2, 0.25) is 5.02 Å². The minimum Gasteiger partial charge on any atom is -0.354 e. The number of piperidine rings is 1. The zero-order valence-corrected chi connectivity index (χ0v) is 18.0. The number of carbonyl (C=O) groups is 1. The van der Waals surface area contributed by atoms with Crippen LogP contribution < -0.4 is 10.6 Å². The molecule has 2 aliphatic rings. The third-order valence-electron chi connectivity index (χ3n) is 6.10. The maximum atomic E-state index is 12.6. The van der Waals surface area contributed by atoms with Gasteiger partial charge >= 0.3 is 0 Å². The minimum absolute atomic E-state index is 0.178. The summed E-state index contributed by atoms with van der Waals surface area (Å²) in [7, 11) is 1.82. The predicted octanol–water partition coefficient (Wildman–Crippen LogP) is 3.79. The van der Waals surface area contributed by atoms with Gasteiger partial charge in [0.15, 0.2) is 5.96 Å². The third-order valence-corrected chi connectivity index (χ3v) is 6.33. The van der Waals surface area contributed by atoms with Crippen molar-refractivity contribution in [2.45, 2.75) is 64.0 Å². The molecular formula is C22H33ClN4O. The Morgan fingerprint density at radius 2 is 1.96 bits per heavy atom. The van der Waals surface area contributed by atoms with Crippen molar-refractivity contribution in [3.05, 3.63) is 34.9 Å². The molecular weight excluding hydrogens is 372 g/mol. The van der Waals surface area contributed by atoms with Crippen LogP contribution in [0.25, 0.3) is 0 Å². The van der Waals surface area contributed by atoms with Crippen LogP contribution in [0.5, 0.6) is 0 Å². The number of rotatable bonds is 6. The van der Waals surface area contributed by atoms with Gasteiger partial charge in [0.05, 0.1) is 0 Å². The zero-order valence-electron chi connectivity index (χ0n) is 17.2. The van der Waals surface area contributed by atoms with Gasteiger partial charge in [-0.1, -0.05) is 37.6 Å². The van der Waals surface area contributed by atoms with E-state index in [4.69, 9.17) is 11.6 Å². The Bertz CT molecular complexity index is 696. The monoisotopic (exact) mass is 404 g/mol. The van der Waals surface area contributed by atoms with E-state index in [1.165, 1.54) is 5.56 Å². The maximum Gasteiger partial charge on any atom is 0.225 e. The van der Waals surface area contributed by atoms with Gasteiger partial charge in [-0.25, -0.2) is 0 Å². The molecule has 0 bridgehead atoms. The number of aliphatic imine (C=N–C) groups is 1. The summed E-state index contributed by atoms with van der Waals surface area (Å²) in [4.78, 5) is 19.0. The molecule has 0 aromatic heterocycles. The predicted molar refractivity (Wildman–Crippen MR) is 116 cm³/mol. The van der Waals surface area contributed by atoms with Crippen LogP contribution in [0.15, 0.2) is 29.3 Å². The van der Waals surface area contributed by atoms with E-state index in [1.807, 2.05) is 24.1 Å². The summed E-state index contributed by atoms with van der Waals surface area (Å²) in [6, 6.07) is 8.88. The van der Waals surface area contributed by atoms with E-state index in [0.29, 0.717) is 23.9 Å². The van der Waals surface area contributed by atoms with Crippen LogP contribution in [-0.4, -0.2) is 49.0 Å². The average Bonchev–Trinajstić information content (AvgIpc) is 3.48. The van der Waals surface area contributed by atoms with Crippen LogP contribution in [0.4, 0.5) is 0 Å². The van der Waals surface area contributed by atoms with E-state index in [2.05, 4.69) is 41.6 Å². The zero-order chi connectivity index (χ0) is 20.1. The second-order valence-electron chi connectivity index (χ2n) is 7.98. The highest BCUT2D eigenvalue weighted by atomic mass is 35.5. The summed E-state index contributed by atoms with van der Waals surface area (Å²) in [5.74, 6) is 1.86. The van der Waals surface area contributed by atoms with Crippen LogP contribution in [-0.2, 0) is 4.79 Å². The Morgan fingerprint density at radius 1 is 1.25 bits per heavy atom. The van der Waals surface area contributed by atoms with E-state index in [1.54, 1.807) is 0 Å². The molecule has 1 aromatic carbocycles. The van der Waals surface area contributed by atoms with Gasteiger partial charge in [0.1, 0.15) is 0 Å². The molecule has 0 spiro atoms. The summed E-state index contributed by atoms with van der Waals surface area (Å²) in [6.07, 6.45) is 4.89. The fourth-order valence-corrected chi connectivity index (χ4v) is 4.34. The largest absolute Gasteiger partial charge is 0.354 e. The molecule has 28 heavy (non-hydrogen) atoms. The molecule has 154 valence electrons. The first-order valence-electron chi connectivity index (χ1n) is 10.6. The standard InChI is InChI=1S/C22H33ClN4O/c1-4-15(5-2)21(28)27-11-9-18(10-12-27)25-22(24-3)26-20-14-19(20)16-7-6-8-17(23)13-16/h6-8,13,15,18-20H,4-5,9-12,14H2,1-3H3,(H2,24,25,26). The molecule has 2 N–H and O–H groups in total. The number of amides is 1. The van der Waals surface area contributed by atoms with Crippen LogP contribution in [0, 0.1) is 5.92 Å². The molecule has 1 aliphatic heterocycles. The van der Waals surface area contributed by atoms with Gasteiger partial charge in [-0.05, 0) is 49.8 Å². The van der Waals surface area contributed by atoms with E-state index in [9.17, 15) is 4.79 Å². The number of nitrogens with zero attached hydrogens (tertiary/aromatic N) is 2. The van der Waals surface area contributed by atoms with Gasteiger partial charge in [0.25, 0.3) is 0 Å². The number of benzene rings is 1. The van der Waals surface area contributed by atoms with Crippen LogP contribution in [0.3, 0.4) is 0 Å². The quantitative estimate of drug-likeness (QED) is 0.560. The number of hydrogen-bond donors (Lipinski definition) is 2. The van der Waals surface area contributed by atoms with Crippen LogP contribution >= 0.6 is 11.6 Å². The third kappa shape index (κ3) is 5.19. The Morgan fingerprint density at radius 3 is 2.57 bits per heavy atom. The van der Waals surface area contributed by atoms with Gasteiger partial charge in [-0.3, -0.25) is 9.79 Å². The molecule has 0 radical (unpaired) electrons. The smallest absolute Gasteiger partial charge is 0.225 e. The van der Waals surface area contributed by atoms with E-state index < -0.39 is 0 Å². The number of carbonyl (C=O) groups excluding carboxylic acids is 1. The van der Waals surface area contributed by atoms with Crippen molar-refractivity contribution < 1.29 is 4.79 Å². The number of guanidine groups is 1. The van der Waals surface area contributed by atoms with Crippen molar-refractivity contribution >= 4 is 23.5 Å². The first-order chi connectivity index (χ1) is 13.5. The molecule has 1 amide bonds. The minimum atomic E-state index is 0.178. The Kier molecular flexibility index (Phi) is 7.22. The van der Waals surface area contributed by atoms with Gasteiger partial charge in [-0.2, -0.15) is 0 Å². The molecule has 2 unspecified atom stereocenters. The number of nitrogens with one attached hydrogen (secondary N) is 2. The van der Waals surface area contributed by atoms with Crippen molar-refractivity contribution in [2.24, 2.45) is 10.9 Å². The van der Waals surface area contributed by atoms with E-state index in [-0.39, 0.29) is 5.92 Å². The van der Waals surface area contributed by atoms with Crippen LogP contribution in [0.1, 0.15) is 57.4 Å². The second kappa shape index (κ2) is 9.64. The molecule has 1 saturated carbocycles. The molecule has 1 heterocycles. The SMILES string of the molecule is CCC(CC)C(=O)N1CCC(NC(=NC)NC2CC2c2cccc(Cl)c2)CC1. The van der Waals surface area contributed by atoms with E-state index in [0.717, 1.165) is 56.2 Å². The molecule has 1 saturated heterocycles. The van der Waals surface area contributed by atoms with Crippen molar-refractivity contribution in [1.82, 2.24) is 15.5 Å². The number of likely N-dealkylation sites (tertiary alicyclic amines) is 1. The maximum absolute atomic E-state index is 12.6. The fourth-order valence-electron chi connectivity index (χ4n) is 4.14. The van der Waals surface area contributed by atoms with Gasteiger partial charge in [0.2, 0.25) is 5.91 Å². The summed E-state index contributed by atoms with van der Waals surface area (Å²) in [6.45, 7) is 5.87. The topological polar surface area (TPSA) is 56.7 Å². The number of halogens is 1. The molecule has 2 atom stereocenters. The molecule has 1 aromatic rings. The fraction of sp³-hybridized carbons (Fsp3) is 0.636. The van der Waals surface area contributed by atoms with Crippen molar-refractivity contribution in [3.63, 3.8) is 0 Å². The summed E-state index contributed by atoms with van der Waals surface area (Å²) < 4.78 is 0. The van der Waals surface area contributed by atoms with E-state index >= 15 is 0 Å². The number of hydrogen-bond acceptors (Lipinski definition) is 2. The lowest BCUT2D eigenvalue weighted by atomic mass is 9.98. The lowest BCUT2D eigenvalue weighted by Gasteiger charge is -2.35. The highest BCUT2D eigenvalue weighted by molar-refractivity contribution is 6.30. The van der Waals surface area contributed by atoms with Crippen molar-refractivity contribution in [2.75, 3.05) is 20.1 Å². The van der Waals surface area contributed by atoms with Gasteiger partial charge in [0, 0.05) is 49.1 Å². The van der Waals surface area contributed by atoms with Crippen molar-refractivity contribution in [3.8, 4) is 0 Å². The van der Waals surface area contributed by atoms with Gasteiger partial charge in [-0.15, -0.1) is 0 Å². The molecule has 1 aliphatic carbocycles. The molecule has 2 fully saturated rings. The van der Waals surface area contributed by atoms with Crippen molar-refractivity contribution in [1.29, 1.82) is 0 Å². The lowest BCUT2D eigenvalue weighted by molar-refractivity contribution is -0.136. The Labute approximate surface area is 173 Å². The Balaban J connectivity index is 1.45. The molecule has 3 rings (SSSR count).